The third-order valence-corrected chi connectivity index (χ3v) is 4.57. The molecule has 0 aliphatic rings. The summed E-state index contributed by atoms with van der Waals surface area (Å²) in [5, 5.41) is 2.45. The van der Waals surface area contributed by atoms with Gasteiger partial charge in [-0.2, -0.15) is 0 Å². The number of nitrogen functional groups attached to an aromatic ring is 1. The van der Waals surface area contributed by atoms with Crippen LogP contribution >= 0.6 is 0 Å². The van der Waals surface area contributed by atoms with Crippen LogP contribution < -0.4 is 11.1 Å². The van der Waals surface area contributed by atoms with E-state index in [4.69, 9.17) is 5.73 Å². The zero-order valence-corrected chi connectivity index (χ0v) is 11.9. The van der Waals surface area contributed by atoms with Gasteiger partial charge >= 0.3 is 0 Å². The summed E-state index contributed by atoms with van der Waals surface area (Å²) < 4.78 is 25.3. The summed E-state index contributed by atoms with van der Waals surface area (Å²) in [7, 11) is -0.431. The summed E-state index contributed by atoms with van der Waals surface area (Å²) in [4.78, 5) is 11.1. The van der Waals surface area contributed by atoms with Crippen molar-refractivity contribution < 1.29 is 13.2 Å². The van der Waals surface area contributed by atoms with Gasteiger partial charge in [-0.05, 0) is 17.7 Å². The van der Waals surface area contributed by atoms with Crippen LogP contribution in [0.1, 0.15) is 12.0 Å². The minimum atomic E-state index is -3.42. The van der Waals surface area contributed by atoms with Crippen molar-refractivity contribution in [2.45, 2.75) is 12.2 Å². The van der Waals surface area contributed by atoms with Crippen LogP contribution in [0.3, 0.4) is 0 Å². The molecule has 0 spiro atoms. The monoisotopic (exact) mass is 285 g/mol. The number of carbonyl (C=O) groups excluding carboxylic acids is 1. The molecule has 0 atom stereocenters. The molecule has 0 radical (unpaired) electrons. The van der Waals surface area contributed by atoms with E-state index in [1.807, 2.05) is 0 Å². The number of anilines is 1. The van der Waals surface area contributed by atoms with E-state index < -0.39 is 10.0 Å². The molecule has 1 rings (SSSR count). The van der Waals surface area contributed by atoms with E-state index in [0.717, 1.165) is 0 Å². The van der Waals surface area contributed by atoms with Gasteiger partial charge in [0.2, 0.25) is 15.9 Å². The standard InChI is InChI=1S/C12H19N3O3S/c1-14-12(16)7-8-15(2)19(17,18)9-10-3-5-11(13)6-4-10/h3-6H,7-9,13H2,1-2H3,(H,14,16). The minimum absolute atomic E-state index is 0.0997. The number of rotatable bonds is 6. The van der Waals surface area contributed by atoms with Crippen LogP contribution in [0, 0.1) is 0 Å². The second kappa shape index (κ2) is 6.53. The van der Waals surface area contributed by atoms with E-state index in [1.54, 1.807) is 24.3 Å². The smallest absolute Gasteiger partial charge is 0.221 e. The number of hydrogen-bond donors (Lipinski definition) is 2. The lowest BCUT2D eigenvalue weighted by molar-refractivity contribution is -0.120. The first-order valence-corrected chi connectivity index (χ1v) is 7.45. The first-order chi connectivity index (χ1) is 8.85. The van der Waals surface area contributed by atoms with Gasteiger partial charge in [-0.25, -0.2) is 12.7 Å². The highest BCUT2D eigenvalue weighted by molar-refractivity contribution is 7.88. The van der Waals surface area contributed by atoms with Crippen molar-refractivity contribution >= 4 is 21.6 Å². The van der Waals surface area contributed by atoms with Crippen molar-refractivity contribution in [3.8, 4) is 0 Å². The molecule has 106 valence electrons. The molecule has 1 amide bonds. The van der Waals surface area contributed by atoms with E-state index >= 15 is 0 Å². The van der Waals surface area contributed by atoms with Crippen molar-refractivity contribution in [3.05, 3.63) is 29.8 Å². The van der Waals surface area contributed by atoms with Crippen molar-refractivity contribution in [3.63, 3.8) is 0 Å². The van der Waals surface area contributed by atoms with E-state index in [-0.39, 0.29) is 24.6 Å². The molecule has 0 aromatic heterocycles. The zero-order valence-electron chi connectivity index (χ0n) is 11.1. The predicted molar refractivity (Wildman–Crippen MR) is 74.8 cm³/mol. The number of nitrogens with two attached hydrogens (primary N) is 1. The summed E-state index contributed by atoms with van der Waals surface area (Å²) in [5.74, 6) is -0.285. The Hall–Kier alpha value is -1.60. The minimum Gasteiger partial charge on any atom is -0.399 e. The number of amides is 1. The van der Waals surface area contributed by atoms with Crippen LogP contribution in [0.2, 0.25) is 0 Å². The fraction of sp³-hybridized carbons (Fsp3) is 0.417. The summed E-state index contributed by atoms with van der Waals surface area (Å²) in [6.45, 7) is 0.164. The number of nitrogens with one attached hydrogen (secondary N) is 1. The molecule has 0 saturated carbocycles. The van der Waals surface area contributed by atoms with Gasteiger partial charge in [0, 0.05) is 32.7 Å². The highest BCUT2D eigenvalue weighted by Gasteiger charge is 2.18. The number of carbonyl (C=O) groups is 1. The SMILES string of the molecule is CNC(=O)CCN(C)S(=O)(=O)Cc1ccc(N)cc1. The van der Waals surface area contributed by atoms with E-state index in [0.29, 0.717) is 11.3 Å². The summed E-state index contributed by atoms with van der Waals surface area (Å²) in [6, 6.07) is 6.68. The largest absolute Gasteiger partial charge is 0.399 e. The van der Waals surface area contributed by atoms with Gasteiger partial charge in [-0.3, -0.25) is 4.79 Å². The fourth-order valence-corrected chi connectivity index (χ4v) is 2.66. The average molecular weight is 285 g/mol. The number of nitrogens with zero attached hydrogens (tertiary/aromatic N) is 1. The number of hydrogen-bond acceptors (Lipinski definition) is 4. The van der Waals surface area contributed by atoms with Gasteiger partial charge in [-0.1, -0.05) is 12.1 Å². The Morgan fingerprint density at radius 2 is 1.89 bits per heavy atom. The molecule has 1 aromatic rings. The summed E-state index contributed by atoms with van der Waals surface area (Å²) in [5.41, 5.74) is 6.80. The Balaban J connectivity index is 2.64. The third kappa shape index (κ3) is 4.88. The molecule has 0 unspecified atom stereocenters. The maximum Gasteiger partial charge on any atom is 0.221 e. The van der Waals surface area contributed by atoms with Crippen LogP contribution in [0.5, 0.6) is 0 Å². The van der Waals surface area contributed by atoms with Crippen molar-refractivity contribution in [2.24, 2.45) is 0 Å². The van der Waals surface area contributed by atoms with Gasteiger partial charge in [0.25, 0.3) is 0 Å². The van der Waals surface area contributed by atoms with Gasteiger partial charge in [0.15, 0.2) is 0 Å². The van der Waals surface area contributed by atoms with E-state index in [1.165, 1.54) is 18.4 Å². The van der Waals surface area contributed by atoms with Crippen molar-refractivity contribution in [1.82, 2.24) is 9.62 Å². The Bertz CT molecular complexity index is 526. The molecular weight excluding hydrogens is 266 g/mol. The summed E-state index contributed by atoms with van der Waals surface area (Å²) in [6.07, 6.45) is 0.147. The normalized spacial score (nSPS) is 11.5. The molecule has 0 heterocycles. The maximum atomic E-state index is 12.0. The van der Waals surface area contributed by atoms with Crippen LogP contribution in [0.15, 0.2) is 24.3 Å². The summed E-state index contributed by atoms with van der Waals surface area (Å²) >= 11 is 0. The Kier molecular flexibility index (Phi) is 5.31. The van der Waals surface area contributed by atoms with Crippen LogP contribution in [-0.4, -0.2) is 39.3 Å². The molecule has 0 saturated heterocycles. The average Bonchev–Trinajstić information content (AvgIpc) is 2.37. The molecule has 19 heavy (non-hydrogen) atoms. The highest BCUT2D eigenvalue weighted by Crippen LogP contribution is 2.12. The second-order valence-corrected chi connectivity index (χ2v) is 6.32. The van der Waals surface area contributed by atoms with Gasteiger partial charge < -0.3 is 11.1 Å². The molecule has 1 aromatic carbocycles. The molecular formula is C12H19N3O3S. The third-order valence-electron chi connectivity index (χ3n) is 2.74. The van der Waals surface area contributed by atoms with Gasteiger partial charge in [0.1, 0.15) is 0 Å². The molecule has 0 bridgehead atoms. The number of benzene rings is 1. The molecule has 0 aliphatic heterocycles. The zero-order chi connectivity index (χ0) is 14.5. The molecule has 7 heteroatoms. The van der Waals surface area contributed by atoms with Crippen LogP contribution in [-0.2, 0) is 20.6 Å². The Morgan fingerprint density at radius 3 is 2.42 bits per heavy atom. The fourth-order valence-electron chi connectivity index (χ4n) is 1.46. The Labute approximate surface area is 113 Å². The lowest BCUT2D eigenvalue weighted by atomic mass is 10.2. The van der Waals surface area contributed by atoms with Crippen molar-refractivity contribution in [1.29, 1.82) is 0 Å². The molecule has 3 N–H and O–H groups in total. The van der Waals surface area contributed by atoms with Gasteiger partial charge in [0.05, 0.1) is 5.75 Å². The lowest BCUT2D eigenvalue weighted by Gasteiger charge is -2.16. The van der Waals surface area contributed by atoms with E-state index in [2.05, 4.69) is 5.32 Å². The lowest BCUT2D eigenvalue weighted by Crippen LogP contribution is -2.32. The molecule has 0 fully saturated rings. The highest BCUT2D eigenvalue weighted by atomic mass is 32.2. The van der Waals surface area contributed by atoms with Gasteiger partial charge in [-0.15, -0.1) is 0 Å². The van der Waals surface area contributed by atoms with E-state index in [9.17, 15) is 13.2 Å². The number of sulfonamides is 1. The Morgan fingerprint density at radius 1 is 1.32 bits per heavy atom. The predicted octanol–water partition coefficient (Wildman–Crippen LogP) is 0.167. The topological polar surface area (TPSA) is 92.5 Å². The quantitative estimate of drug-likeness (QED) is 0.729. The molecule has 6 nitrogen and oxygen atoms in total. The van der Waals surface area contributed by atoms with Crippen LogP contribution in [0.4, 0.5) is 5.69 Å². The first kappa shape index (κ1) is 15.5. The second-order valence-electron chi connectivity index (χ2n) is 4.24. The van der Waals surface area contributed by atoms with Crippen molar-refractivity contribution in [2.75, 3.05) is 26.4 Å². The first-order valence-electron chi connectivity index (χ1n) is 5.84. The van der Waals surface area contributed by atoms with Crippen LogP contribution in [0.25, 0.3) is 0 Å². The molecule has 0 aliphatic carbocycles. The maximum absolute atomic E-state index is 12.0.